The molecular weight excluding hydrogens is 625 g/mol. The summed E-state index contributed by atoms with van der Waals surface area (Å²) in [7, 11) is 0. The van der Waals surface area contributed by atoms with E-state index in [0.29, 0.717) is 63.2 Å². The van der Waals surface area contributed by atoms with Crippen molar-refractivity contribution in [3.63, 3.8) is 0 Å². The van der Waals surface area contributed by atoms with Crippen molar-refractivity contribution in [1.29, 1.82) is 0 Å². The molecule has 2 atom stereocenters. The van der Waals surface area contributed by atoms with Crippen molar-refractivity contribution in [2.45, 2.75) is 84.3 Å². The van der Waals surface area contributed by atoms with Gasteiger partial charge in [-0.1, -0.05) is 37.3 Å². The highest BCUT2D eigenvalue weighted by Gasteiger charge is 2.34. The Morgan fingerprint density at radius 1 is 0.959 bits per heavy atom. The summed E-state index contributed by atoms with van der Waals surface area (Å²) in [6.45, 7) is 9.64. The lowest BCUT2D eigenvalue weighted by molar-refractivity contribution is -0.120. The van der Waals surface area contributed by atoms with E-state index in [1.54, 1.807) is 33.7 Å². The van der Waals surface area contributed by atoms with Gasteiger partial charge in [0.15, 0.2) is 0 Å². The number of hydrogen-bond acceptors (Lipinski definition) is 6. The van der Waals surface area contributed by atoms with E-state index in [1.807, 2.05) is 20.0 Å². The molecule has 49 heavy (non-hydrogen) atoms. The monoisotopic (exact) mass is 671 g/mol. The van der Waals surface area contributed by atoms with E-state index >= 15 is 4.39 Å². The molecule has 6 rings (SSSR count). The zero-order valence-corrected chi connectivity index (χ0v) is 28.6. The molecule has 3 aliphatic rings. The number of aromatic nitrogens is 1. The van der Waals surface area contributed by atoms with Crippen LogP contribution < -0.4 is 15.8 Å². The van der Waals surface area contributed by atoms with Crippen LogP contribution >= 0.6 is 0 Å². The normalized spacial score (nSPS) is 20.8. The fraction of sp³-hybridized carbons (Fsp3) is 0.474. The number of halogens is 1. The number of rotatable bonds is 9. The summed E-state index contributed by atoms with van der Waals surface area (Å²) in [6, 6.07) is 14.8. The van der Waals surface area contributed by atoms with Crippen molar-refractivity contribution in [1.82, 2.24) is 19.7 Å². The molecule has 4 heterocycles. The average Bonchev–Trinajstić information content (AvgIpc) is 3.10. The summed E-state index contributed by atoms with van der Waals surface area (Å²) >= 11 is 0. The van der Waals surface area contributed by atoms with Crippen LogP contribution in [0.2, 0.25) is 0 Å². The molecular formula is C38H46FN5O5. The highest BCUT2D eigenvalue weighted by Crippen LogP contribution is 2.28. The van der Waals surface area contributed by atoms with Crippen molar-refractivity contribution in [3.8, 4) is 11.1 Å². The maximum absolute atomic E-state index is 15.4. The van der Waals surface area contributed by atoms with Gasteiger partial charge in [-0.05, 0) is 74.4 Å². The number of aryl methyl sites for hydroxylation is 1. The number of pyridine rings is 1. The summed E-state index contributed by atoms with van der Waals surface area (Å²) in [5.74, 6) is -0.426. The predicted molar refractivity (Wildman–Crippen MR) is 186 cm³/mol. The Hall–Kier alpha value is -4.35. The quantitative estimate of drug-likeness (QED) is 0.335. The first-order valence-corrected chi connectivity index (χ1v) is 17.4. The summed E-state index contributed by atoms with van der Waals surface area (Å²) in [5.41, 5.74) is 6.14. The minimum Gasteiger partial charge on any atom is -0.372 e. The van der Waals surface area contributed by atoms with Crippen LogP contribution in [0, 0.1) is 13.8 Å². The second-order valence-corrected chi connectivity index (χ2v) is 13.5. The molecule has 0 aliphatic carbocycles. The van der Waals surface area contributed by atoms with Crippen LogP contribution in [0.1, 0.15) is 66.1 Å². The Kier molecular flexibility index (Phi) is 10.6. The first-order valence-electron chi connectivity index (χ1n) is 17.4. The van der Waals surface area contributed by atoms with Gasteiger partial charge < -0.3 is 14.2 Å². The van der Waals surface area contributed by atoms with Crippen LogP contribution in [0.3, 0.4) is 0 Å². The Labute approximate surface area is 286 Å². The van der Waals surface area contributed by atoms with Crippen LogP contribution in [0.5, 0.6) is 0 Å². The lowest BCUT2D eigenvalue weighted by Gasteiger charge is -2.38. The molecule has 3 aromatic rings. The summed E-state index contributed by atoms with van der Waals surface area (Å²) in [6.07, 6.45) is 3.29. The summed E-state index contributed by atoms with van der Waals surface area (Å²) in [5, 5.41) is 2.31. The number of imide groups is 1. The van der Waals surface area contributed by atoms with Gasteiger partial charge in [-0.3, -0.25) is 29.5 Å². The van der Waals surface area contributed by atoms with Gasteiger partial charge in [0, 0.05) is 80.8 Å². The molecule has 0 saturated carbocycles. The lowest BCUT2D eigenvalue weighted by atomic mass is 9.98. The second kappa shape index (κ2) is 15.0. The van der Waals surface area contributed by atoms with Crippen molar-refractivity contribution < 1.29 is 23.5 Å². The van der Waals surface area contributed by atoms with Gasteiger partial charge in [-0.25, -0.2) is 9.18 Å². The summed E-state index contributed by atoms with van der Waals surface area (Å²) < 4.78 is 23.5. The number of alkyl halides is 1. The molecule has 0 bridgehead atoms. The van der Waals surface area contributed by atoms with Crippen molar-refractivity contribution in [2.75, 3.05) is 37.6 Å². The zero-order chi connectivity index (χ0) is 34.7. The number of benzene rings is 2. The lowest BCUT2D eigenvalue weighted by Crippen LogP contribution is -2.49. The number of carbonyl (C=O) groups is 3. The molecule has 0 radical (unpaired) electrons. The standard InChI is InChI=1S/C38H46FN5O5/c1-4-16-43-23-32(25(2)26(3)36(43)46)28-10-8-27(9-11-28)22-41-17-14-34(33(39)24-41)49-31-12-18-42(19-13-31)37(47)29-6-5-7-30(21-29)44-20-15-35(45)40-38(44)48/h5-11,21,23,31,33-34H,4,12-20,22,24H2,1-3H3,(H,40,45,48)/t33-,34-/m1/s1. The molecule has 10 nitrogen and oxygen atoms in total. The number of anilines is 1. The Bertz CT molecular complexity index is 1750. The van der Waals surface area contributed by atoms with Crippen LogP contribution in [0.25, 0.3) is 11.1 Å². The fourth-order valence-corrected chi connectivity index (χ4v) is 7.12. The van der Waals surface area contributed by atoms with Crippen LogP contribution in [0.4, 0.5) is 14.9 Å². The van der Waals surface area contributed by atoms with Gasteiger partial charge in [-0.15, -0.1) is 0 Å². The second-order valence-electron chi connectivity index (χ2n) is 13.5. The smallest absolute Gasteiger partial charge is 0.328 e. The zero-order valence-electron chi connectivity index (χ0n) is 28.6. The number of likely N-dealkylation sites (tertiary alicyclic amines) is 2. The molecule has 0 unspecified atom stereocenters. The van der Waals surface area contributed by atoms with E-state index in [0.717, 1.165) is 40.8 Å². The number of ether oxygens (including phenoxy) is 1. The van der Waals surface area contributed by atoms with E-state index in [9.17, 15) is 19.2 Å². The molecule has 1 aromatic heterocycles. The van der Waals surface area contributed by atoms with E-state index in [-0.39, 0.29) is 36.4 Å². The first-order chi connectivity index (χ1) is 23.6. The number of nitrogens with one attached hydrogen (secondary N) is 1. The van der Waals surface area contributed by atoms with Crippen molar-refractivity contribution in [2.24, 2.45) is 0 Å². The highest BCUT2D eigenvalue weighted by molar-refractivity contribution is 6.06. The maximum Gasteiger partial charge on any atom is 0.328 e. The van der Waals surface area contributed by atoms with Gasteiger partial charge >= 0.3 is 6.03 Å². The number of urea groups is 1. The number of carbonyl (C=O) groups excluding carboxylic acids is 3. The SMILES string of the molecule is CCCn1cc(-c2ccc(CN3CC[C@@H](OC4CCN(C(=O)c5cccc(N6CCC(=O)NC6=O)c5)CC4)[C@H](F)C3)cc2)c(C)c(C)c1=O. The molecule has 1 N–H and O–H groups in total. The number of amides is 4. The highest BCUT2D eigenvalue weighted by atomic mass is 19.1. The largest absolute Gasteiger partial charge is 0.372 e. The van der Waals surface area contributed by atoms with Gasteiger partial charge in [0.1, 0.15) is 6.17 Å². The Morgan fingerprint density at radius 3 is 2.41 bits per heavy atom. The van der Waals surface area contributed by atoms with E-state index in [4.69, 9.17) is 4.74 Å². The number of nitrogens with zero attached hydrogens (tertiary/aromatic N) is 4. The minimum absolute atomic E-state index is 0.0682. The molecule has 0 spiro atoms. The Morgan fingerprint density at radius 2 is 1.71 bits per heavy atom. The van der Waals surface area contributed by atoms with E-state index in [2.05, 4.69) is 41.4 Å². The van der Waals surface area contributed by atoms with Gasteiger partial charge in [0.05, 0.1) is 12.2 Å². The Balaban J connectivity index is 0.976. The van der Waals surface area contributed by atoms with Crippen molar-refractivity contribution >= 4 is 23.5 Å². The molecule has 260 valence electrons. The van der Waals surface area contributed by atoms with E-state index in [1.165, 1.54) is 4.90 Å². The molecule has 11 heteroatoms. The van der Waals surface area contributed by atoms with Gasteiger partial charge in [-0.2, -0.15) is 0 Å². The van der Waals surface area contributed by atoms with Crippen molar-refractivity contribution in [3.05, 3.63) is 87.3 Å². The topological polar surface area (TPSA) is 104 Å². The maximum atomic E-state index is 15.4. The molecule has 3 aliphatic heterocycles. The van der Waals surface area contributed by atoms with Gasteiger partial charge in [0.2, 0.25) is 5.91 Å². The fourth-order valence-electron chi connectivity index (χ4n) is 7.12. The number of piperidine rings is 2. The molecule has 2 aromatic carbocycles. The third-order valence-corrected chi connectivity index (χ3v) is 10.1. The van der Waals surface area contributed by atoms with Crippen LogP contribution in [-0.4, -0.2) is 83.3 Å². The first kappa shape index (κ1) is 34.5. The van der Waals surface area contributed by atoms with Crippen LogP contribution in [-0.2, 0) is 22.6 Å². The molecule has 3 fully saturated rings. The predicted octanol–water partition coefficient (Wildman–Crippen LogP) is 5.22. The van der Waals surface area contributed by atoms with E-state index < -0.39 is 18.3 Å². The summed E-state index contributed by atoms with van der Waals surface area (Å²) in [4.78, 5) is 55.1. The molecule has 3 saturated heterocycles. The number of hydrogen-bond donors (Lipinski definition) is 1. The molecule has 4 amide bonds. The van der Waals surface area contributed by atoms with Crippen LogP contribution in [0.15, 0.2) is 59.5 Å². The third-order valence-electron chi connectivity index (χ3n) is 10.1. The third kappa shape index (κ3) is 7.78. The average molecular weight is 672 g/mol. The minimum atomic E-state index is -1.09. The van der Waals surface area contributed by atoms with Gasteiger partial charge in [0.25, 0.3) is 11.5 Å².